The molecule has 2 aliphatic rings. The van der Waals surface area contributed by atoms with Crippen molar-refractivity contribution in [3.05, 3.63) is 59.7 Å². The summed E-state index contributed by atoms with van der Waals surface area (Å²) >= 11 is 0. The number of carbonyl (C=O) groups excluding carboxylic acids is 6. The molecule has 49 heavy (non-hydrogen) atoms. The van der Waals surface area contributed by atoms with Gasteiger partial charge in [0.15, 0.2) is 24.8 Å². The Hall–Kier alpha value is -4.94. The summed E-state index contributed by atoms with van der Waals surface area (Å²) in [5, 5.41) is 0. The predicted octanol–water partition coefficient (Wildman–Crippen LogP) is 5.73. The second-order valence-corrected chi connectivity index (χ2v) is 13.9. The molecule has 0 aromatic heterocycles. The van der Waals surface area contributed by atoms with Gasteiger partial charge >= 0.3 is 24.1 Å². The van der Waals surface area contributed by atoms with Gasteiger partial charge < -0.3 is 23.7 Å². The van der Waals surface area contributed by atoms with Crippen LogP contribution < -0.4 is 4.74 Å². The Morgan fingerprint density at radius 3 is 1.57 bits per heavy atom. The predicted molar refractivity (Wildman–Crippen MR) is 175 cm³/mol. The molecule has 2 unspecified atom stereocenters. The SMILES string of the molecule is CC(C)(C)OC(=O)N1CCCC1C(=O)OCC(=O)c1ccc(Oc2cccc(C(=O)COC(=O)C3CCCN3C(=O)OC(C)(C)C)c2)cc1. The first-order valence-corrected chi connectivity index (χ1v) is 16.3. The van der Waals surface area contributed by atoms with Gasteiger partial charge in [0.1, 0.15) is 34.8 Å². The summed E-state index contributed by atoms with van der Waals surface area (Å²) < 4.78 is 27.2. The summed E-state index contributed by atoms with van der Waals surface area (Å²) in [6.07, 6.45) is 0.878. The summed E-state index contributed by atoms with van der Waals surface area (Å²) in [6, 6.07) is 10.9. The second-order valence-electron chi connectivity index (χ2n) is 13.9. The third-order valence-corrected chi connectivity index (χ3v) is 7.56. The van der Waals surface area contributed by atoms with Crippen molar-refractivity contribution in [3.63, 3.8) is 0 Å². The van der Waals surface area contributed by atoms with Crippen LogP contribution in [0.5, 0.6) is 11.5 Å². The van der Waals surface area contributed by atoms with E-state index in [9.17, 15) is 28.8 Å². The van der Waals surface area contributed by atoms with Gasteiger partial charge in [0, 0.05) is 24.2 Å². The topological polar surface area (TPSA) is 155 Å². The molecule has 2 aromatic carbocycles. The largest absolute Gasteiger partial charge is 0.457 e. The lowest BCUT2D eigenvalue weighted by Gasteiger charge is -2.27. The van der Waals surface area contributed by atoms with Crippen molar-refractivity contribution >= 4 is 35.7 Å². The second kappa shape index (κ2) is 15.5. The molecular formula is C36H44N2O11. The van der Waals surface area contributed by atoms with Crippen molar-refractivity contribution in [2.45, 2.75) is 90.5 Å². The van der Waals surface area contributed by atoms with Gasteiger partial charge in [0.2, 0.25) is 0 Å². The average molecular weight is 681 g/mol. The number of amides is 2. The Morgan fingerprint density at radius 1 is 0.633 bits per heavy atom. The number of esters is 2. The van der Waals surface area contributed by atoms with E-state index in [1.54, 1.807) is 71.9 Å². The van der Waals surface area contributed by atoms with E-state index in [1.165, 1.54) is 28.0 Å². The Morgan fingerprint density at radius 2 is 1.10 bits per heavy atom. The Kier molecular flexibility index (Phi) is 11.7. The van der Waals surface area contributed by atoms with Crippen LogP contribution in [0.3, 0.4) is 0 Å². The number of Topliss-reactive ketones (excluding diaryl/α,β-unsaturated/α-hetero) is 2. The minimum absolute atomic E-state index is 0.252. The lowest BCUT2D eigenvalue weighted by molar-refractivity contribution is -0.148. The third kappa shape index (κ3) is 10.5. The number of ketones is 2. The summed E-state index contributed by atoms with van der Waals surface area (Å²) in [5.41, 5.74) is -0.880. The highest BCUT2D eigenvalue weighted by molar-refractivity contribution is 5.99. The lowest BCUT2D eigenvalue weighted by Crippen LogP contribution is -2.44. The van der Waals surface area contributed by atoms with E-state index in [-0.39, 0.29) is 11.1 Å². The van der Waals surface area contributed by atoms with Crippen LogP contribution >= 0.6 is 0 Å². The maximum atomic E-state index is 12.9. The van der Waals surface area contributed by atoms with E-state index in [0.717, 1.165) is 0 Å². The number of hydrogen-bond donors (Lipinski definition) is 0. The standard InChI is InChI=1S/C36H44N2O11/c1-35(2,3)48-33(43)37-18-8-12-27(37)31(41)45-21-29(39)23-14-16-25(17-15-23)47-26-11-7-10-24(20-26)30(40)22-46-32(42)28-13-9-19-38(28)34(44)49-36(4,5)6/h7,10-11,14-17,20,27-28H,8-9,12-13,18-19,21-22H2,1-6H3. The van der Waals surface area contributed by atoms with E-state index in [1.807, 2.05) is 0 Å². The molecule has 0 bridgehead atoms. The summed E-state index contributed by atoms with van der Waals surface area (Å²) in [5.74, 6) is -1.51. The summed E-state index contributed by atoms with van der Waals surface area (Å²) in [6.45, 7) is 10.2. The number of hydrogen-bond acceptors (Lipinski definition) is 11. The van der Waals surface area contributed by atoms with Crippen LogP contribution in [0.25, 0.3) is 0 Å². The molecular weight excluding hydrogens is 636 g/mol. The fraction of sp³-hybridized carbons (Fsp3) is 0.500. The van der Waals surface area contributed by atoms with E-state index in [4.69, 9.17) is 23.7 Å². The average Bonchev–Trinajstić information content (AvgIpc) is 3.72. The smallest absolute Gasteiger partial charge is 0.411 e. The molecule has 13 heteroatoms. The number of nitrogens with zero attached hydrogens (tertiary/aromatic N) is 2. The van der Waals surface area contributed by atoms with Crippen LogP contribution in [0.4, 0.5) is 9.59 Å². The number of ether oxygens (including phenoxy) is 5. The zero-order valence-electron chi connectivity index (χ0n) is 28.8. The zero-order valence-corrected chi connectivity index (χ0v) is 28.8. The maximum absolute atomic E-state index is 12.9. The lowest BCUT2D eigenvalue weighted by atomic mass is 10.1. The molecule has 0 spiro atoms. The molecule has 0 saturated carbocycles. The van der Waals surface area contributed by atoms with Gasteiger partial charge in [-0.15, -0.1) is 0 Å². The molecule has 2 amide bonds. The normalized spacial score (nSPS) is 17.7. The minimum Gasteiger partial charge on any atom is -0.457 e. The first kappa shape index (κ1) is 36.9. The van der Waals surface area contributed by atoms with Crippen molar-refractivity contribution in [1.29, 1.82) is 0 Å². The fourth-order valence-electron chi connectivity index (χ4n) is 5.31. The van der Waals surface area contributed by atoms with Crippen molar-refractivity contribution in [2.24, 2.45) is 0 Å². The minimum atomic E-state index is -0.818. The number of rotatable bonds is 10. The quantitative estimate of drug-likeness (QED) is 0.172. The van der Waals surface area contributed by atoms with Gasteiger partial charge in [-0.05, 0) is 104 Å². The van der Waals surface area contributed by atoms with E-state index < -0.39 is 72.2 Å². The fourth-order valence-corrected chi connectivity index (χ4v) is 5.31. The van der Waals surface area contributed by atoms with Crippen LogP contribution in [0.1, 0.15) is 87.9 Å². The van der Waals surface area contributed by atoms with Gasteiger partial charge in [0.25, 0.3) is 0 Å². The van der Waals surface area contributed by atoms with E-state index >= 15 is 0 Å². The Labute approximate surface area is 285 Å². The van der Waals surface area contributed by atoms with Gasteiger partial charge in [-0.1, -0.05) is 12.1 Å². The molecule has 264 valence electrons. The highest BCUT2D eigenvalue weighted by Gasteiger charge is 2.39. The third-order valence-electron chi connectivity index (χ3n) is 7.56. The number of carbonyl (C=O) groups is 6. The first-order valence-electron chi connectivity index (χ1n) is 16.3. The van der Waals surface area contributed by atoms with E-state index in [2.05, 4.69) is 0 Å². The molecule has 0 N–H and O–H groups in total. The van der Waals surface area contributed by atoms with Gasteiger partial charge in [-0.3, -0.25) is 19.4 Å². The number of likely N-dealkylation sites (tertiary alicyclic amines) is 2. The molecule has 2 saturated heterocycles. The van der Waals surface area contributed by atoms with Crippen molar-refractivity contribution in [3.8, 4) is 11.5 Å². The van der Waals surface area contributed by atoms with Crippen LogP contribution in [-0.2, 0) is 28.5 Å². The molecule has 2 atom stereocenters. The molecule has 2 aliphatic heterocycles. The Balaban J connectivity index is 1.26. The van der Waals surface area contributed by atoms with Gasteiger partial charge in [-0.2, -0.15) is 0 Å². The molecule has 0 radical (unpaired) electrons. The van der Waals surface area contributed by atoms with Crippen molar-refractivity contribution in [1.82, 2.24) is 9.80 Å². The Bertz CT molecular complexity index is 1560. The molecule has 13 nitrogen and oxygen atoms in total. The highest BCUT2D eigenvalue weighted by atomic mass is 16.6. The van der Waals surface area contributed by atoms with Crippen molar-refractivity contribution in [2.75, 3.05) is 26.3 Å². The van der Waals surface area contributed by atoms with Crippen LogP contribution in [0, 0.1) is 0 Å². The summed E-state index contributed by atoms with van der Waals surface area (Å²) in [7, 11) is 0. The zero-order chi connectivity index (χ0) is 35.9. The number of benzene rings is 2. The summed E-state index contributed by atoms with van der Waals surface area (Å²) in [4.78, 5) is 78.7. The molecule has 4 rings (SSSR count). The van der Waals surface area contributed by atoms with E-state index in [0.29, 0.717) is 50.3 Å². The first-order chi connectivity index (χ1) is 23.0. The molecule has 2 fully saturated rings. The highest BCUT2D eigenvalue weighted by Crippen LogP contribution is 2.25. The van der Waals surface area contributed by atoms with Crippen LogP contribution in [0.2, 0.25) is 0 Å². The monoisotopic (exact) mass is 680 g/mol. The van der Waals surface area contributed by atoms with Gasteiger partial charge in [-0.25, -0.2) is 19.2 Å². The van der Waals surface area contributed by atoms with Crippen LogP contribution in [-0.4, -0.2) is 95.1 Å². The molecule has 0 aliphatic carbocycles. The van der Waals surface area contributed by atoms with Gasteiger partial charge in [0.05, 0.1) is 0 Å². The maximum Gasteiger partial charge on any atom is 0.411 e. The van der Waals surface area contributed by atoms with Crippen LogP contribution in [0.15, 0.2) is 48.5 Å². The van der Waals surface area contributed by atoms with Crippen molar-refractivity contribution < 1.29 is 52.5 Å². The molecule has 2 heterocycles. The molecule has 2 aromatic rings.